The van der Waals surface area contributed by atoms with Crippen molar-refractivity contribution in [3.63, 3.8) is 0 Å². The molecule has 3 saturated heterocycles. The molecule has 2 bridgehead atoms. The molecule has 1 aromatic carbocycles. The number of amides is 20. The third kappa shape index (κ3) is 41.6. The van der Waals surface area contributed by atoms with E-state index in [0.717, 1.165) is 29.6 Å². The molecular weight excluding hydrogens is 2000 g/mol. The number of guanidine groups is 1. The number of hydrogen-bond donors (Lipinski definition) is 30. The summed E-state index contributed by atoms with van der Waals surface area (Å²) in [5.41, 5.74) is 11.8. The zero-order valence-electron chi connectivity index (χ0n) is 84.3. The number of carboxylic acids is 2. The minimum atomic E-state index is -1.84. The molecule has 0 saturated carbocycles. The lowest BCUT2D eigenvalue weighted by atomic mass is 9.94. The number of carboxylic acid groups (broad SMARTS) is 2. The lowest BCUT2D eigenvalue weighted by molar-refractivity contribution is -0.142. The minimum Gasteiger partial charge on any atom is -0.481 e. The second-order valence-electron chi connectivity index (χ2n) is 36.8. The molecule has 21 unspecified atom stereocenters. The number of carbonyl (C=O) groups is 22. The van der Waals surface area contributed by atoms with E-state index in [-0.39, 0.29) is 75.8 Å². The van der Waals surface area contributed by atoms with Crippen molar-refractivity contribution in [1.82, 2.24) is 117 Å². The predicted octanol–water partition coefficient (Wildman–Crippen LogP) is -7.07. The maximum atomic E-state index is 15.5. The zero-order valence-corrected chi connectivity index (χ0v) is 87.7. The van der Waals surface area contributed by atoms with Gasteiger partial charge in [-0.15, -0.1) is 0 Å². The highest BCUT2D eigenvalue weighted by Crippen LogP contribution is 2.23. The van der Waals surface area contributed by atoms with Crippen LogP contribution in [0.5, 0.6) is 0 Å². The number of benzene rings is 1. The molecule has 55 heteroatoms. The Bertz CT molecular complexity index is 5000. The molecule has 31 N–H and O–H groups in total. The number of aliphatic hydroxyl groups excluding tert-OH is 2. The Balaban J connectivity index is 1.69. The molecule has 51 nitrogen and oxygen atoms in total. The van der Waals surface area contributed by atoms with E-state index in [1.807, 2.05) is 0 Å². The first-order valence-corrected chi connectivity index (χ1v) is 52.7. The van der Waals surface area contributed by atoms with Crippen LogP contribution in [0, 0.1) is 35.0 Å². The van der Waals surface area contributed by atoms with Gasteiger partial charge in [-0.2, -0.15) is 47.9 Å². The molecule has 2 aromatic rings. The fourth-order valence-corrected chi connectivity index (χ4v) is 18.5. The SMILES string of the molecule is CC=C(NC(=O)C1CSCC(NC(=O)C(N)CO)C(=O)NC(CO)C(=O)NCC(=O)NC(Cc2c[nH]c3ccccc23)C(=O)NC(CC(C)C)C(=O)N1)C(=O)NC(CC(C)C)C(=O)NC1CCSCC2NC(=O)C(C(C)CC)NC(=O)C(C(C)CC)NC(=O)C(CCSCC(C(=O)NC(CCCNC(=N)N)C(=O)O)NC(=O)C(C)NC2=O)NC(=O)CNC(=O)C(CS)NC(=O)C(CCC(=O)O)NC(=O)C(C(C)CC)NC1=O. The maximum Gasteiger partial charge on any atom is 0.326 e. The summed E-state index contributed by atoms with van der Waals surface area (Å²) in [5.74, 6) is -31.1. The standard InChI is InChI=1S/C92H145N25O26S4/c1-13-45(9)70-88(139)105-54(23-24-69(122)123)78(129)110-62(38-144)76(127)99-34-67(120)101-55-25-28-145-40-64(86(137)106-57(91(142)143)22-19-27-96-92(94)95)111-73(124)48(12)100-84(135)63(114-89(140)71(46(10)14-2)117-90(141)72(47(11)15-3)116-79(55)130)39-146-29-26-56(80(131)115-70)104-81(132)58(30-43(5)6)107-77(128)52(16-4)103-85(136)66-42-147-41-65(112-74(125)51(93)36-118)87(138)109-61(37-119)75(126)98-35-68(121)102-60(32-49-33-97-53-21-18-17-20-50(49)53)83(134)108-59(31-44(7)8)82(133)113-66/h16-18,20-21,33,43-48,51,54-66,70-72,97,118-119,144H,13-15,19,22-32,34-42,93H2,1-12H3,(H,98,126)(H,99,127)(H,100,135)(H,101,120)(H,102,121)(H,103,136)(H,104,132)(H,105,139)(H,106,137)(H,107,128)(H,108,134)(H,109,138)(H,110,129)(H,111,124)(H,112,125)(H,113,133)(H,114,140)(H,115,131)(H,116,130)(H,117,141)(H,122,123)(H,142,143)(H4,94,95,96). The highest BCUT2D eigenvalue weighted by atomic mass is 32.2. The van der Waals surface area contributed by atoms with E-state index in [1.54, 1.807) is 92.8 Å². The Morgan fingerprint density at radius 3 is 1.65 bits per heavy atom. The van der Waals surface area contributed by atoms with Gasteiger partial charge >= 0.3 is 11.9 Å². The van der Waals surface area contributed by atoms with E-state index in [1.165, 1.54) is 20.8 Å². The number of fused-ring (bicyclic) bond motifs is 10. The molecule has 5 rings (SSSR count). The zero-order chi connectivity index (χ0) is 110. The number of rotatable bonds is 33. The van der Waals surface area contributed by atoms with Gasteiger partial charge in [-0.1, -0.05) is 113 Å². The second-order valence-corrected chi connectivity index (χ2v) is 40.6. The van der Waals surface area contributed by atoms with E-state index in [4.69, 9.17) is 16.9 Å². The van der Waals surface area contributed by atoms with Crippen molar-refractivity contribution in [2.45, 2.75) is 269 Å². The maximum absolute atomic E-state index is 15.5. The Morgan fingerprint density at radius 1 is 0.537 bits per heavy atom. The van der Waals surface area contributed by atoms with Crippen LogP contribution in [-0.2, 0) is 112 Å². The first kappa shape index (κ1) is 125. The van der Waals surface area contributed by atoms with E-state index >= 15 is 33.6 Å². The van der Waals surface area contributed by atoms with E-state index < -0.39 is 354 Å². The van der Waals surface area contributed by atoms with Gasteiger partial charge in [-0.05, 0) is 112 Å². The van der Waals surface area contributed by atoms with Gasteiger partial charge in [0.2, 0.25) is 112 Å². The van der Waals surface area contributed by atoms with Gasteiger partial charge in [0.05, 0.1) is 26.3 Å². The number of thiol groups is 1. The average Bonchev–Trinajstić information content (AvgIpc) is 1.71. The summed E-state index contributed by atoms with van der Waals surface area (Å²) in [7, 11) is 0. The van der Waals surface area contributed by atoms with Gasteiger partial charge in [-0.25, -0.2) is 4.79 Å². The number of thioether (sulfide) groups is 3. The number of para-hydroxylation sites is 1. The molecule has 4 heterocycles. The third-order valence-electron chi connectivity index (χ3n) is 24.3. The molecule has 21 atom stereocenters. The van der Waals surface area contributed by atoms with Crippen LogP contribution in [0.1, 0.15) is 159 Å². The number of aromatic amines is 1. The van der Waals surface area contributed by atoms with Crippen LogP contribution in [0.15, 0.2) is 42.2 Å². The van der Waals surface area contributed by atoms with Crippen LogP contribution in [0.3, 0.4) is 0 Å². The van der Waals surface area contributed by atoms with Crippen LogP contribution in [0.2, 0.25) is 0 Å². The molecule has 818 valence electrons. The van der Waals surface area contributed by atoms with Crippen molar-refractivity contribution in [2.75, 3.05) is 73.1 Å². The van der Waals surface area contributed by atoms with E-state index in [9.17, 15) is 92.3 Å². The largest absolute Gasteiger partial charge is 0.481 e. The first-order chi connectivity index (χ1) is 69.5. The quantitative estimate of drug-likeness (QED) is 0.00788. The highest BCUT2D eigenvalue weighted by molar-refractivity contribution is 7.99. The van der Waals surface area contributed by atoms with Crippen LogP contribution in [0.4, 0.5) is 0 Å². The smallest absolute Gasteiger partial charge is 0.326 e. The summed E-state index contributed by atoms with van der Waals surface area (Å²) in [5, 5.41) is 102. The van der Waals surface area contributed by atoms with Gasteiger partial charge in [0.25, 0.3) is 5.91 Å². The molecular formula is C92H145N25O26S4. The van der Waals surface area contributed by atoms with E-state index in [2.05, 4.69) is 129 Å². The predicted molar refractivity (Wildman–Crippen MR) is 547 cm³/mol. The molecule has 3 aliphatic heterocycles. The number of H-pyrrole nitrogens is 1. The Labute approximate surface area is 868 Å². The number of allylic oxidation sites excluding steroid dienone is 1. The number of hydrogen-bond acceptors (Lipinski definition) is 30. The number of aliphatic hydroxyl groups is 2. The Hall–Kier alpha value is -12.6. The van der Waals surface area contributed by atoms with Gasteiger partial charge in [-0.3, -0.25) is 106 Å². The molecule has 20 amide bonds. The molecule has 3 fully saturated rings. The number of aromatic nitrogens is 1. The Morgan fingerprint density at radius 2 is 1.06 bits per heavy atom. The minimum absolute atomic E-state index is 0.0140. The molecule has 0 aliphatic carbocycles. The van der Waals surface area contributed by atoms with Gasteiger partial charge in [0, 0.05) is 65.3 Å². The fourth-order valence-electron chi connectivity index (χ4n) is 15.1. The fraction of sp³-hybridized carbons (Fsp3) is 0.641. The van der Waals surface area contributed by atoms with Crippen molar-refractivity contribution in [3.8, 4) is 0 Å². The first-order valence-electron chi connectivity index (χ1n) is 48.6. The van der Waals surface area contributed by atoms with Crippen LogP contribution < -0.4 is 123 Å². The monoisotopic (exact) mass is 2140 g/mol. The van der Waals surface area contributed by atoms with Crippen LogP contribution in [0.25, 0.3) is 10.9 Å². The number of nitrogens with one attached hydrogen (secondary N) is 23. The second kappa shape index (κ2) is 63.2. The van der Waals surface area contributed by atoms with Crippen molar-refractivity contribution in [1.29, 1.82) is 5.41 Å². The molecule has 3 aliphatic rings. The Kier molecular flexibility index (Phi) is 53.6. The summed E-state index contributed by atoms with van der Waals surface area (Å²) >= 11 is 6.73. The third-order valence-corrected chi connectivity index (χ3v) is 28.0. The normalized spacial score (nSPS) is 25.2. The summed E-state index contributed by atoms with van der Waals surface area (Å²) in [6.45, 7) is 15.2. The summed E-state index contributed by atoms with van der Waals surface area (Å²) in [6.07, 6.45) is 0.126. The summed E-state index contributed by atoms with van der Waals surface area (Å²) < 4.78 is 0. The van der Waals surface area contributed by atoms with Crippen molar-refractivity contribution < 1.29 is 126 Å². The molecule has 0 spiro atoms. The number of nitrogens with two attached hydrogens (primary N) is 2. The van der Waals surface area contributed by atoms with Crippen molar-refractivity contribution >= 4 is 195 Å². The van der Waals surface area contributed by atoms with Gasteiger partial charge in [0.15, 0.2) is 5.96 Å². The summed E-state index contributed by atoms with van der Waals surface area (Å²) in [6, 6.07) is -22.9. The lowest BCUT2D eigenvalue weighted by Gasteiger charge is -2.31. The lowest BCUT2D eigenvalue weighted by Crippen LogP contribution is -2.62. The summed E-state index contributed by atoms with van der Waals surface area (Å²) in [4.78, 5) is 321. The van der Waals surface area contributed by atoms with Crippen molar-refractivity contribution in [3.05, 3.63) is 47.8 Å². The van der Waals surface area contributed by atoms with Gasteiger partial charge < -0.3 is 149 Å². The molecule has 1 aromatic heterocycles. The van der Waals surface area contributed by atoms with Crippen molar-refractivity contribution in [2.24, 2.45) is 41.1 Å². The average molecular weight is 2150 g/mol. The van der Waals surface area contributed by atoms with Crippen LogP contribution >= 0.6 is 47.9 Å². The topological polar surface area (TPSA) is 801 Å². The highest BCUT2D eigenvalue weighted by Gasteiger charge is 2.42. The number of carbonyl (C=O) groups excluding carboxylic acids is 20. The van der Waals surface area contributed by atoms with Crippen LogP contribution in [-0.4, -0.2) is 343 Å². The van der Waals surface area contributed by atoms with E-state index in [0.29, 0.717) is 28.2 Å². The molecule has 147 heavy (non-hydrogen) atoms. The molecule has 0 radical (unpaired) electrons. The number of aliphatic carboxylic acids is 2. The van der Waals surface area contributed by atoms with Gasteiger partial charge in [0.1, 0.15) is 114 Å².